The monoisotopic (exact) mass is 429 g/mol. The van der Waals surface area contributed by atoms with Gasteiger partial charge in [-0.3, -0.25) is 4.90 Å². The number of alkyl halides is 2. The molecule has 1 fully saturated rings. The molecule has 0 spiro atoms. The highest BCUT2D eigenvalue weighted by Crippen LogP contribution is 2.30. The number of hydrogen-bond acceptors (Lipinski definition) is 7. The number of nitrogens with one attached hydrogen (secondary N) is 2. The van der Waals surface area contributed by atoms with Gasteiger partial charge in [0.25, 0.3) is 5.92 Å². The molecule has 164 valence electrons. The minimum atomic E-state index is -2.54. The molecule has 2 N–H and O–H groups in total. The number of methoxy groups -OCH3 is 1. The number of hydrogen-bond donors (Lipinski definition) is 2. The summed E-state index contributed by atoms with van der Waals surface area (Å²) in [6.45, 7) is 1.41. The van der Waals surface area contributed by atoms with Crippen molar-refractivity contribution in [1.29, 1.82) is 0 Å². The molecule has 1 aliphatic rings. The zero-order chi connectivity index (χ0) is 21.8. The molecular weight excluding hydrogens is 404 g/mol. The Kier molecular flexibility index (Phi) is 5.99. The van der Waals surface area contributed by atoms with Crippen molar-refractivity contribution in [3.63, 3.8) is 0 Å². The second kappa shape index (κ2) is 8.84. The van der Waals surface area contributed by atoms with Gasteiger partial charge in [0.15, 0.2) is 0 Å². The SMILES string of the molecule is CNc1cnc(Nc2cn(-c3ccc(CN4CCC(F)(F)CC4)cc3OC)cn2)cn1. The first kappa shape index (κ1) is 21.0. The van der Waals surface area contributed by atoms with Crippen LogP contribution < -0.4 is 15.4 Å². The Morgan fingerprint density at radius 3 is 2.48 bits per heavy atom. The number of anilines is 3. The predicted molar refractivity (Wildman–Crippen MR) is 114 cm³/mol. The Hall–Kier alpha value is -3.27. The van der Waals surface area contributed by atoms with E-state index in [1.54, 1.807) is 32.9 Å². The summed E-state index contributed by atoms with van der Waals surface area (Å²) < 4.78 is 34.2. The lowest BCUT2D eigenvalue weighted by atomic mass is 10.1. The Morgan fingerprint density at radius 1 is 1.06 bits per heavy atom. The summed E-state index contributed by atoms with van der Waals surface area (Å²) in [6.07, 6.45) is 6.59. The molecule has 4 rings (SSSR count). The van der Waals surface area contributed by atoms with Gasteiger partial charge in [-0.2, -0.15) is 0 Å². The van der Waals surface area contributed by atoms with Gasteiger partial charge in [-0.1, -0.05) is 6.07 Å². The maximum atomic E-state index is 13.4. The first-order chi connectivity index (χ1) is 15.0. The predicted octanol–water partition coefficient (Wildman–Crippen LogP) is 3.69. The Bertz CT molecular complexity index is 1010. The van der Waals surface area contributed by atoms with Crippen LogP contribution in [-0.4, -0.2) is 57.6 Å². The highest BCUT2D eigenvalue weighted by molar-refractivity contribution is 5.54. The topological polar surface area (TPSA) is 80.1 Å². The van der Waals surface area contributed by atoms with Crippen LogP contribution in [-0.2, 0) is 6.54 Å². The van der Waals surface area contributed by atoms with Crippen molar-refractivity contribution in [3.05, 3.63) is 48.7 Å². The van der Waals surface area contributed by atoms with Gasteiger partial charge in [-0.25, -0.2) is 23.7 Å². The number of rotatable bonds is 7. The minimum absolute atomic E-state index is 0.0882. The molecule has 0 radical (unpaired) electrons. The number of piperidine rings is 1. The van der Waals surface area contributed by atoms with Crippen molar-refractivity contribution in [3.8, 4) is 11.4 Å². The summed E-state index contributed by atoms with van der Waals surface area (Å²) in [7, 11) is 3.39. The standard InChI is InChI=1S/C21H25F2N7O/c1-24-18-10-26-19(11-25-18)28-20-13-30(14-27-20)16-4-3-15(9-17(16)31-2)12-29-7-5-21(22,23)6-8-29/h3-4,9-11,13-14H,5-8,12H2,1-2H3,(H,24,25)(H,26,28). The van der Waals surface area contributed by atoms with Gasteiger partial charge in [0.1, 0.15) is 29.5 Å². The largest absolute Gasteiger partial charge is 0.495 e. The van der Waals surface area contributed by atoms with Gasteiger partial charge in [0.2, 0.25) is 0 Å². The van der Waals surface area contributed by atoms with Crippen molar-refractivity contribution in [1.82, 2.24) is 24.4 Å². The molecule has 0 aliphatic carbocycles. The average molecular weight is 429 g/mol. The Labute approximate surface area is 179 Å². The molecule has 1 aromatic carbocycles. The van der Waals surface area contributed by atoms with Crippen LogP contribution in [0.25, 0.3) is 5.69 Å². The van der Waals surface area contributed by atoms with Gasteiger partial charge in [-0.05, 0) is 17.7 Å². The van der Waals surface area contributed by atoms with Crippen LogP contribution in [0.15, 0.2) is 43.1 Å². The van der Waals surface area contributed by atoms with Gasteiger partial charge in [-0.15, -0.1) is 0 Å². The third-order valence-corrected chi connectivity index (χ3v) is 5.26. The maximum absolute atomic E-state index is 13.4. The summed E-state index contributed by atoms with van der Waals surface area (Å²) in [5.74, 6) is 0.0258. The third kappa shape index (κ3) is 5.08. The molecule has 10 heteroatoms. The van der Waals surface area contributed by atoms with Crippen molar-refractivity contribution in [2.75, 3.05) is 37.9 Å². The van der Waals surface area contributed by atoms with Crippen LogP contribution in [0.3, 0.4) is 0 Å². The summed E-state index contributed by atoms with van der Waals surface area (Å²) in [5.41, 5.74) is 1.85. The van der Waals surface area contributed by atoms with E-state index in [2.05, 4.69) is 25.6 Å². The number of aromatic nitrogens is 4. The number of nitrogens with zero attached hydrogens (tertiary/aromatic N) is 5. The van der Waals surface area contributed by atoms with Crippen LogP contribution in [0.5, 0.6) is 5.75 Å². The van der Waals surface area contributed by atoms with Crippen molar-refractivity contribution >= 4 is 17.5 Å². The van der Waals surface area contributed by atoms with Crippen LogP contribution in [0.2, 0.25) is 0 Å². The number of benzene rings is 1. The van der Waals surface area contributed by atoms with Gasteiger partial charge < -0.3 is 19.9 Å². The molecule has 3 heterocycles. The van der Waals surface area contributed by atoms with Crippen LogP contribution in [0.4, 0.5) is 26.2 Å². The maximum Gasteiger partial charge on any atom is 0.250 e. The van der Waals surface area contributed by atoms with Crippen LogP contribution in [0, 0.1) is 0 Å². The van der Waals surface area contributed by atoms with E-state index in [-0.39, 0.29) is 12.8 Å². The average Bonchev–Trinajstić information content (AvgIpc) is 3.24. The van der Waals surface area contributed by atoms with E-state index in [1.165, 1.54) is 0 Å². The first-order valence-corrected chi connectivity index (χ1v) is 10.0. The second-order valence-corrected chi connectivity index (χ2v) is 7.47. The normalized spacial score (nSPS) is 16.1. The fourth-order valence-electron chi connectivity index (χ4n) is 3.50. The molecule has 31 heavy (non-hydrogen) atoms. The van der Waals surface area contributed by atoms with E-state index in [0.29, 0.717) is 42.8 Å². The number of imidazole rings is 1. The van der Waals surface area contributed by atoms with Crippen LogP contribution in [0.1, 0.15) is 18.4 Å². The number of halogens is 2. The molecule has 0 bridgehead atoms. The highest BCUT2D eigenvalue weighted by atomic mass is 19.3. The molecule has 0 saturated carbocycles. The molecule has 0 unspecified atom stereocenters. The molecule has 1 aliphatic heterocycles. The fourth-order valence-corrected chi connectivity index (χ4v) is 3.50. The van der Waals surface area contributed by atoms with Crippen molar-refractivity contribution in [2.45, 2.75) is 25.3 Å². The van der Waals surface area contributed by atoms with Crippen molar-refractivity contribution < 1.29 is 13.5 Å². The Balaban J connectivity index is 1.45. The third-order valence-electron chi connectivity index (χ3n) is 5.26. The summed E-state index contributed by atoms with van der Waals surface area (Å²) in [6, 6.07) is 5.87. The number of likely N-dealkylation sites (tertiary alicyclic amines) is 1. The highest BCUT2D eigenvalue weighted by Gasteiger charge is 2.33. The summed E-state index contributed by atoms with van der Waals surface area (Å²) >= 11 is 0. The lowest BCUT2D eigenvalue weighted by Gasteiger charge is -2.31. The smallest absolute Gasteiger partial charge is 0.250 e. The molecule has 1 saturated heterocycles. The lowest BCUT2D eigenvalue weighted by Crippen LogP contribution is -2.38. The quantitative estimate of drug-likeness (QED) is 0.593. The van der Waals surface area contributed by atoms with Gasteiger partial charge in [0.05, 0.1) is 31.4 Å². The minimum Gasteiger partial charge on any atom is -0.495 e. The molecule has 8 nitrogen and oxygen atoms in total. The van der Waals surface area contributed by atoms with Crippen LogP contribution >= 0.6 is 0 Å². The Morgan fingerprint density at radius 2 is 1.81 bits per heavy atom. The van der Waals surface area contributed by atoms with E-state index < -0.39 is 5.92 Å². The number of ether oxygens (including phenoxy) is 1. The van der Waals surface area contributed by atoms with E-state index in [0.717, 1.165) is 11.3 Å². The van der Waals surface area contributed by atoms with E-state index in [1.807, 2.05) is 33.9 Å². The molecule has 3 aromatic rings. The first-order valence-electron chi connectivity index (χ1n) is 10.0. The fraction of sp³-hybridized carbons (Fsp3) is 0.381. The van der Waals surface area contributed by atoms with Gasteiger partial charge >= 0.3 is 0 Å². The van der Waals surface area contributed by atoms with E-state index >= 15 is 0 Å². The molecular formula is C21H25F2N7O. The molecule has 0 atom stereocenters. The zero-order valence-corrected chi connectivity index (χ0v) is 17.5. The second-order valence-electron chi connectivity index (χ2n) is 7.47. The zero-order valence-electron chi connectivity index (χ0n) is 17.5. The lowest BCUT2D eigenvalue weighted by molar-refractivity contribution is -0.0566. The summed E-state index contributed by atoms with van der Waals surface area (Å²) in [5, 5.41) is 6.03. The van der Waals surface area contributed by atoms with Gasteiger partial charge in [0, 0.05) is 39.5 Å². The van der Waals surface area contributed by atoms with E-state index in [9.17, 15) is 8.78 Å². The molecule has 2 aromatic heterocycles. The molecule has 0 amide bonds. The van der Waals surface area contributed by atoms with Crippen molar-refractivity contribution in [2.24, 2.45) is 0 Å². The van der Waals surface area contributed by atoms with E-state index in [4.69, 9.17) is 4.74 Å². The summed E-state index contributed by atoms with van der Waals surface area (Å²) in [4.78, 5) is 14.9.